The standard InChI is InChI=1S/C18H26/c1-12-15-11-14(17(2,3)4)10-13(15)8-9-16(12)18(5,6)7/h8-10H,11H2,1-7H3. The molecular formula is C18H26. The summed E-state index contributed by atoms with van der Waals surface area (Å²) in [7, 11) is 0. The fourth-order valence-electron chi connectivity index (χ4n) is 2.87. The zero-order chi connectivity index (χ0) is 13.7. The van der Waals surface area contributed by atoms with E-state index in [2.05, 4.69) is 66.7 Å². The number of allylic oxidation sites excluding steroid dienone is 1. The molecule has 0 heteroatoms. The molecule has 0 amide bonds. The summed E-state index contributed by atoms with van der Waals surface area (Å²) in [5, 5.41) is 0. The summed E-state index contributed by atoms with van der Waals surface area (Å²) in [6.07, 6.45) is 3.53. The Morgan fingerprint density at radius 3 is 2.00 bits per heavy atom. The van der Waals surface area contributed by atoms with Crippen LogP contribution in [-0.2, 0) is 11.8 Å². The van der Waals surface area contributed by atoms with Crippen molar-refractivity contribution in [1.29, 1.82) is 0 Å². The highest BCUT2D eigenvalue weighted by atomic mass is 14.3. The van der Waals surface area contributed by atoms with E-state index in [4.69, 9.17) is 0 Å². The molecule has 0 bridgehead atoms. The van der Waals surface area contributed by atoms with Gasteiger partial charge in [0.15, 0.2) is 0 Å². The molecule has 1 aromatic carbocycles. The number of hydrogen-bond donors (Lipinski definition) is 0. The Kier molecular flexibility index (Phi) is 2.96. The molecule has 0 radical (unpaired) electrons. The summed E-state index contributed by atoms with van der Waals surface area (Å²) >= 11 is 0. The van der Waals surface area contributed by atoms with Crippen molar-refractivity contribution in [2.45, 2.75) is 60.3 Å². The first-order valence-corrected chi connectivity index (χ1v) is 6.95. The van der Waals surface area contributed by atoms with E-state index in [1.54, 1.807) is 11.1 Å². The molecule has 18 heavy (non-hydrogen) atoms. The van der Waals surface area contributed by atoms with Crippen LogP contribution in [0.25, 0.3) is 6.08 Å². The van der Waals surface area contributed by atoms with Crippen molar-refractivity contribution < 1.29 is 0 Å². The quantitative estimate of drug-likeness (QED) is 0.581. The van der Waals surface area contributed by atoms with Gasteiger partial charge in [-0.2, -0.15) is 0 Å². The van der Waals surface area contributed by atoms with Gasteiger partial charge in [0.1, 0.15) is 0 Å². The molecule has 1 aromatic rings. The molecule has 0 unspecified atom stereocenters. The van der Waals surface area contributed by atoms with Gasteiger partial charge >= 0.3 is 0 Å². The Bertz CT molecular complexity index is 502. The molecule has 0 fully saturated rings. The van der Waals surface area contributed by atoms with Crippen LogP contribution in [0.15, 0.2) is 17.7 Å². The summed E-state index contributed by atoms with van der Waals surface area (Å²) in [5.41, 5.74) is 8.06. The van der Waals surface area contributed by atoms with Crippen LogP contribution in [-0.4, -0.2) is 0 Å². The molecule has 2 rings (SSSR count). The van der Waals surface area contributed by atoms with Crippen LogP contribution in [0.3, 0.4) is 0 Å². The first-order chi connectivity index (χ1) is 8.10. The topological polar surface area (TPSA) is 0 Å². The summed E-state index contributed by atoms with van der Waals surface area (Å²) < 4.78 is 0. The van der Waals surface area contributed by atoms with Crippen molar-refractivity contribution >= 4 is 6.08 Å². The minimum absolute atomic E-state index is 0.240. The van der Waals surface area contributed by atoms with Crippen molar-refractivity contribution in [2.24, 2.45) is 5.41 Å². The maximum Gasteiger partial charge on any atom is -0.00498 e. The van der Waals surface area contributed by atoms with Crippen LogP contribution in [0.4, 0.5) is 0 Å². The molecule has 1 aliphatic carbocycles. The van der Waals surface area contributed by atoms with Crippen LogP contribution in [0, 0.1) is 12.3 Å². The predicted molar refractivity (Wildman–Crippen MR) is 81.0 cm³/mol. The van der Waals surface area contributed by atoms with Gasteiger partial charge in [-0.05, 0) is 46.4 Å². The largest absolute Gasteiger partial charge is 0.0598 e. The van der Waals surface area contributed by atoms with E-state index in [0.29, 0.717) is 0 Å². The summed E-state index contributed by atoms with van der Waals surface area (Å²) in [6, 6.07) is 4.62. The third kappa shape index (κ3) is 2.25. The molecule has 0 spiro atoms. The highest BCUT2D eigenvalue weighted by molar-refractivity contribution is 5.67. The summed E-state index contributed by atoms with van der Waals surface area (Å²) in [6.45, 7) is 16.1. The Morgan fingerprint density at radius 2 is 1.50 bits per heavy atom. The lowest BCUT2D eigenvalue weighted by atomic mass is 9.81. The SMILES string of the molecule is Cc1c(C(C)(C)C)ccc2c1CC(C(C)(C)C)=C2. The molecule has 0 aromatic heterocycles. The maximum atomic E-state index is 2.40. The van der Waals surface area contributed by atoms with Crippen molar-refractivity contribution in [3.05, 3.63) is 40.0 Å². The second-order valence-electron chi connectivity index (χ2n) is 7.65. The normalized spacial score (nSPS) is 15.6. The number of hydrogen-bond acceptors (Lipinski definition) is 0. The lowest BCUT2D eigenvalue weighted by Crippen LogP contribution is -2.15. The fraction of sp³-hybridized carbons (Fsp3) is 0.556. The predicted octanol–water partition coefficient (Wildman–Crippen LogP) is 5.28. The molecule has 0 aliphatic heterocycles. The molecule has 0 nitrogen and oxygen atoms in total. The number of rotatable bonds is 0. The monoisotopic (exact) mass is 242 g/mol. The molecule has 0 N–H and O–H groups in total. The molecular weight excluding hydrogens is 216 g/mol. The van der Waals surface area contributed by atoms with E-state index in [9.17, 15) is 0 Å². The molecule has 0 saturated heterocycles. The minimum Gasteiger partial charge on any atom is -0.0598 e. The third-order valence-electron chi connectivity index (χ3n) is 4.10. The molecule has 1 aliphatic rings. The van der Waals surface area contributed by atoms with Crippen molar-refractivity contribution in [2.75, 3.05) is 0 Å². The second-order valence-corrected chi connectivity index (χ2v) is 7.65. The zero-order valence-electron chi connectivity index (χ0n) is 12.9. The third-order valence-corrected chi connectivity index (χ3v) is 4.10. The van der Waals surface area contributed by atoms with Gasteiger partial charge in [-0.15, -0.1) is 0 Å². The second kappa shape index (κ2) is 3.98. The van der Waals surface area contributed by atoms with Crippen LogP contribution in [0.2, 0.25) is 0 Å². The van der Waals surface area contributed by atoms with E-state index in [0.717, 1.165) is 6.42 Å². The van der Waals surface area contributed by atoms with E-state index < -0.39 is 0 Å². The van der Waals surface area contributed by atoms with E-state index in [1.807, 2.05) is 0 Å². The zero-order valence-corrected chi connectivity index (χ0v) is 12.9. The first-order valence-electron chi connectivity index (χ1n) is 6.95. The van der Waals surface area contributed by atoms with Crippen LogP contribution >= 0.6 is 0 Å². The molecule has 0 saturated carbocycles. The summed E-state index contributed by atoms with van der Waals surface area (Å²) in [5.74, 6) is 0. The molecule has 0 heterocycles. The fourth-order valence-corrected chi connectivity index (χ4v) is 2.87. The average molecular weight is 242 g/mol. The number of benzene rings is 1. The Labute approximate surface area is 112 Å². The molecule has 0 atom stereocenters. The Balaban J connectivity index is 2.47. The van der Waals surface area contributed by atoms with Gasteiger partial charge in [0.2, 0.25) is 0 Å². The van der Waals surface area contributed by atoms with Gasteiger partial charge in [0.25, 0.3) is 0 Å². The van der Waals surface area contributed by atoms with Gasteiger partial charge in [-0.1, -0.05) is 65.3 Å². The molecule has 98 valence electrons. The maximum absolute atomic E-state index is 2.40. The van der Waals surface area contributed by atoms with Gasteiger partial charge in [0.05, 0.1) is 0 Å². The van der Waals surface area contributed by atoms with Crippen molar-refractivity contribution in [1.82, 2.24) is 0 Å². The van der Waals surface area contributed by atoms with Gasteiger partial charge in [-0.3, -0.25) is 0 Å². The highest BCUT2D eigenvalue weighted by Crippen LogP contribution is 2.40. The van der Waals surface area contributed by atoms with Crippen LogP contribution < -0.4 is 0 Å². The van der Waals surface area contributed by atoms with Crippen molar-refractivity contribution in [3.8, 4) is 0 Å². The van der Waals surface area contributed by atoms with E-state index in [1.165, 1.54) is 16.7 Å². The lowest BCUT2D eigenvalue weighted by molar-refractivity contribution is 0.498. The lowest BCUT2D eigenvalue weighted by Gasteiger charge is -2.24. The van der Waals surface area contributed by atoms with Crippen LogP contribution in [0.1, 0.15) is 63.8 Å². The van der Waals surface area contributed by atoms with Gasteiger partial charge < -0.3 is 0 Å². The van der Waals surface area contributed by atoms with Gasteiger partial charge in [-0.25, -0.2) is 0 Å². The summed E-state index contributed by atoms with van der Waals surface area (Å²) in [4.78, 5) is 0. The number of fused-ring (bicyclic) bond motifs is 1. The van der Waals surface area contributed by atoms with E-state index >= 15 is 0 Å². The smallest absolute Gasteiger partial charge is 0.00498 e. The van der Waals surface area contributed by atoms with Gasteiger partial charge in [0, 0.05) is 0 Å². The van der Waals surface area contributed by atoms with E-state index in [-0.39, 0.29) is 10.8 Å². The average Bonchev–Trinajstić information content (AvgIpc) is 2.59. The minimum atomic E-state index is 0.240. The first kappa shape index (κ1) is 13.4. The van der Waals surface area contributed by atoms with Crippen LogP contribution in [0.5, 0.6) is 0 Å². The highest BCUT2D eigenvalue weighted by Gasteiger charge is 2.26. The van der Waals surface area contributed by atoms with Crippen molar-refractivity contribution in [3.63, 3.8) is 0 Å². The Hall–Kier alpha value is -1.04. The Morgan fingerprint density at radius 1 is 0.889 bits per heavy atom.